The van der Waals surface area contributed by atoms with E-state index >= 15 is 0 Å². The summed E-state index contributed by atoms with van der Waals surface area (Å²) in [5.74, 6) is -0.0349. The Morgan fingerprint density at radius 1 is 1.55 bits per heavy atom. The molecule has 2 aromatic heterocycles. The lowest BCUT2D eigenvalue weighted by molar-refractivity contribution is -0.00463. The SMILES string of the molecule is Cc1cn[nH]c1[C@H]1COCCN1C(=O)c1ccnn1C. The second kappa shape index (κ2) is 5.09. The minimum atomic E-state index is -0.131. The number of aryl methyl sites for hydroxylation is 2. The molecule has 1 aliphatic heterocycles. The normalized spacial score (nSPS) is 19.3. The summed E-state index contributed by atoms with van der Waals surface area (Å²) in [5.41, 5.74) is 2.54. The molecule has 7 nitrogen and oxygen atoms in total. The summed E-state index contributed by atoms with van der Waals surface area (Å²) in [4.78, 5) is 14.5. The van der Waals surface area contributed by atoms with Crippen LogP contribution in [0.3, 0.4) is 0 Å². The predicted molar refractivity (Wildman–Crippen MR) is 71.1 cm³/mol. The first kappa shape index (κ1) is 12.9. The van der Waals surface area contributed by atoms with Gasteiger partial charge in [0.15, 0.2) is 0 Å². The summed E-state index contributed by atoms with van der Waals surface area (Å²) in [6.45, 7) is 3.56. The van der Waals surface area contributed by atoms with Gasteiger partial charge in [-0.25, -0.2) is 0 Å². The van der Waals surface area contributed by atoms with Crippen LogP contribution in [0.25, 0.3) is 0 Å². The van der Waals surface area contributed by atoms with Crippen molar-refractivity contribution >= 4 is 5.91 Å². The zero-order chi connectivity index (χ0) is 14.1. The van der Waals surface area contributed by atoms with Crippen molar-refractivity contribution in [1.82, 2.24) is 24.9 Å². The number of H-pyrrole nitrogens is 1. The summed E-state index contributed by atoms with van der Waals surface area (Å²) in [6.07, 6.45) is 3.39. The Balaban J connectivity index is 1.92. The van der Waals surface area contributed by atoms with Gasteiger partial charge in [0.1, 0.15) is 5.69 Å². The third-order valence-corrected chi connectivity index (χ3v) is 3.63. The van der Waals surface area contributed by atoms with E-state index in [9.17, 15) is 4.79 Å². The minimum Gasteiger partial charge on any atom is -0.377 e. The Kier molecular flexibility index (Phi) is 3.27. The minimum absolute atomic E-state index is 0.0349. The number of aromatic nitrogens is 4. The molecule has 1 fully saturated rings. The highest BCUT2D eigenvalue weighted by Gasteiger charge is 2.32. The molecule has 7 heteroatoms. The van der Waals surface area contributed by atoms with Crippen molar-refractivity contribution in [3.05, 3.63) is 35.4 Å². The standard InChI is InChI=1S/C13H17N5O2/c1-9-7-14-16-12(9)11-8-20-6-5-18(11)13(19)10-3-4-15-17(10)2/h3-4,7,11H,5-6,8H2,1-2H3,(H,14,16)/t11-/m1/s1. The number of morpholine rings is 1. The molecule has 1 aliphatic rings. The molecule has 1 amide bonds. The Bertz CT molecular complexity index is 618. The van der Waals surface area contributed by atoms with Gasteiger partial charge in [0.25, 0.3) is 5.91 Å². The molecule has 0 unspecified atom stereocenters. The summed E-state index contributed by atoms with van der Waals surface area (Å²) in [5, 5.41) is 11.1. The van der Waals surface area contributed by atoms with E-state index in [1.165, 1.54) is 0 Å². The Labute approximate surface area is 116 Å². The maximum absolute atomic E-state index is 12.7. The first-order chi connectivity index (χ1) is 9.68. The van der Waals surface area contributed by atoms with Crippen LogP contribution in [0, 0.1) is 6.92 Å². The maximum atomic E-state index is 12.7. The van der Waals surface area contributed by atoms with Crippen molar-refractivity contribution in [2.75, 3.05) is 19.8 Å². The number of nitrogens with zero attached hydrogens (tertiary/aromatic N) is 4. The van der Waals surface area contributed by atoms with Crippen molar-refractivity contribution < 1.29 is 9.53 Å². The zero-order valence-corrected chi connectivity index (χ0v) is 11.5. The van der Waals surface area contributed by atoms with Gasteiger partial charge < -0.3 is 9.64 Å². The second-order valence-electron chi connectivity index (χ2n) is 4.90. The van der Waals surface area contributed by atoms with Gasteiger partial charge >= 0.3 is 0 Å². The van der Waals surface area contributed by atoms with Crippen LogP contribution in [0.5, 0.6) is 0 Å². The van der Waals surface area contributed by atoms with Crippen LogP contribution in [0.15, 0.2) is 18.5 Å². The molecule has 1 N–H and O–H groups in total. The summed E-state index contributed by atoms with van der Waals surface area (Å²) in [7, 11) is 1.77. The molecule has 0 saturated carbocycles. The van der Waals surface area contributed by atoms with Gasteiger partial charge in [-0.3, -0.25) is 14.6 Å². The van der Waals surface area contributed by atoms with Crippen molar-refractivity contribution in [2.24, 2.45) is 7.05 Å². The van der Waals surface area contributed by atoms with Gasteiger partial charge in [0.2, 0.25) is 0 Å². The fourth-order valence-corrected chi connectivity index (χ4v) is 2.51. The Morgan fingerprint density at radius 2 is 2.40 bits per heavy atom. The smallest absolute Gasteiger partial charge is 0.272 e. The number of nitrogens with one attached hydrogen (secondary N) is 1. The predicted octanol–water partition coefficient (Wildman–Crippen LogP) is 0.665. The van der Waals surface area contributed by atoms with E-state index in [1.54, 1.807) is 30.2 Å². The third kappa shape index (κ3) is 2.09. The average molecular weight is 275 g/mol. The Hall–Kier alpha value is -2.15. The van der Waals surface area contributed by atoms with Crippen LogP contribution in [-0.2, 0) is 11.8 Å². The number of carbonyl (C=O) groups is 1. The molecule has 0 aliphatic carbocycles. The lowest BCUT2D eigenvalue weighted by Crippen LogP contribution is -2.44. The number of carbonyl (C=O) groups excluding carboxylic acids is 1. The van der Waals surface area contributed by atoms with Gasteiger partial charge in [-0.15, -0.1) is 0 Å². The highest BCUT2D eigenvalue weighted by Crippen LogP contribution is 2.26. The monoisotopic (exact) mass is 275 g/mol. The molecule has 0 spiro atoms. The number of hydrogen-bond acceptors (Lipinski definition) is 4. The largest absolute Gasteiger partial charge is 0.377 e. The highest BCUT2D eigenvalue weighted by atomic mass is 16.5. The number of hydrogen-bond donors (Lipinski definition) is 1. The van der Waals surface area contributed by atoms with E-state index in [1.807, 2.05) is 11.8 Å². The molecule has 0 bridgehead atoms. The van der Waals surface area contributed by atoms with Gasteiger partial charge in [0, 0.05) is 19.8 Å². The molecular formula is C13H17N5O2. The molecule has 1 saturated heterocycles. The third-order valence-electron chi connectivity index (χ3n) is 3.63. The molecule has 106 valence electrons. The summed E-state index contributed by atoms with van der Waals surface area (Å²) < 4.78 is 7.12. The quantitative estimate of drug-likeness (QED) is 0.873. The molecule has 0 radical (unpaired) electrons. The van der Waals surface area contributed by atoms with Crippen molar-refractivity contribution in [2.45, 2.75) is 13.0 Å². The van der Waals surface area contributed by atoms with Crippen LogP contribution in [0.2, 0.25) is 0 Å². The molecule has 0 aromatic carbocycles. The molecular weight excluding hydrogens is 258 g/mol. The van der Waals surface area contributed by atoms with Gasteiger partial charge in [0.05, 0.1) is 31.1 Å². The van der Waals surface area contributed by atoms with Crippen LogP contribution in [0.1, 0.15) is 27.8 Å². The lowest BCUT2D eigenvalue weighted by atomic mass is 10.1. The van der Waals surface area contributed by atoms with Gasteiger partial charge in [-0.05, 0) is 18.6 Å². The molecule has 3 rings (SSSR count). The molecule has 1 atom stereocenters. The molecule has 3 heterocycles. The van der Waals surface area contributed by atoms with E-state index in [2.05, 4.69) is 15.3 Å². The first-order valence-electron chi connectivity index (χ1n) is 6.55. The second-order valence-corrected chi connectivity index (χ2v) is 4.90. The summed E-state index contributed by atoms with van der Waals surface area (Å²) in [6, 6.07) is 1.60. The average Bonchev–Trinajstić information content (AvgIpc) is 3.06. The summed E-state index contributed by atoms with van der Waals surface area (Å²) >= 11 is 0. The van der Waals surface area contributed by atoms with Gasteiger partial charge in [-0.1, -0.05) is 0 Å². The fourth-order valence-electron chi connectivity index (χ4n) is 2.51. The topological polar surface area (TPSA) is 76.0 Å². The lowest BCUT2D eigenvalue weighted by Gasteiger charge is -2.35. The number of ether oxygens (including phenoxy) is 1. The Morgan fingerprint density at radius 3 is 3.05 bits per heavy atom. The van der Waals surface area contributed by atoms with Crippen LogP contribution >= 0.6 is 0 Å². The number of rotatable bonds is 2. The van der Waals surface area contributed by atoms with E-state index in [0.29, 0.717) is 25.5 Å². The highest BCUT2D eigenvalue weighted by molar-refractivity contribution is 5.92. The van der Waals surface area contributed by atoms with E-state index < -0.39 is 0 Å². The number of amides is 1. The van der Waals surface area contributed by atoms with Crippen LogP contribution < -0.4 is 0 Å². The van der Waals surface area contributed by atoms with E-state index in [-0.39, 0.29) is 11.9 Å². The van der Waals surface area contributed by atoms with E-state index in [4.69, 9.17) is 4.74 Å². The van der Waals surface area contributed by atoms with Crippen LogP contribution in [0.4, 0.5) is 0 Å². The maximum Gasteiger partial charge on any atom is 0.272 e. The first-order valence-corrected chi connectivity index (χ1v) is 6.55. The number of aromatic amines is 1. The zero-order valence-electron chi connectivity index (χ0n) is 11.5. The molecule has 2 aromatic rings. The van der Waals surface area contributed by atoms with Crippen molar-refractivity contribution in [3.8, 4) is 0 Å². The van der Waals surface area contributed by atoms with E-state index in [0.717, 1.165) is 11.3 Å². The van der Waals surface area contributed by atoms with Crippen molar-refractivity contribution in [3.63, 3.8) is 0 Å². The molecule has 20 heavy (non-hydrogen) atoms. The fraction of sp³-hybridized carbons (Fsp3) is 0.462. The van der Waals surface area contributed by atoms with Crippen LogP contribution in [-0.4, -0.2) is 50.5 Å². The van der Waals surface area contributed by atoms with Gasteiger partial charge in [-0.2, -0.15) is 10.2 Å². The van der Waals surface area contributed by atoms with Crippen molar-refractivity contribution in [1.29, 1.82) is 0 Å².